The number of benzene rings is 2. The van der Waals surface area contributed by atoms with E-state index in [4.69, 9.17) is 0 Å². The van der Waals surface area contributed by atoms with E-state index in [-0.39, 0.29) is 5.69 Å². The Balaban J connectivity index is 1.95. The molecule has 0 bridgehead atoms. The zero-order valence-electron chi connectivity index (χ0n) is 17.3. The third-order valence-corrected chi connectivity index (χ3v) is 5.49. The first-order chi connectivity index (χ1) is 14.2. The van der Waals surface area contributed by atoms with E-state index in [1.807, 2.05) is 13.0 Å². The quantitative estimate of drug-likeness (QED) is 0.182. The van der Waals surface area contributed by atoms with Crippen LogP contribution in [0.5, 0.6) is 0 Å². The van der Waals surface area contributed by atoms with Gasteiger partial charge in [-0.15, -0.1) is 0 Å². The third-order valence-electron chi connectivity index (χ3n) is 4.24. The van der Waals surface area contributed by atoms with Gasteiger partial charge in [-0.2, -0.15) is 0 Å². The van der Waals surface area contributed by atoms with Gasteiger partial charge in [0.25, 0.3) is 5.69 Å². The molecule has 0 fully saturated rings. The lowest BCUT2D eigenvalue weighted by Gasteiger charge is -2.13. The molecule has 0 aliphatic carbocycles. The Kier molecular flexibility index (Phi) is 8.16. The molecule has 0 aromatic heterocycles. The van der Waals surface area contributed by atoms with Crippen molar-refractivity contribution in [3.05, 3.63) is 63.7 Å². The predicted molar refractivity (Wildman–Crippen MR) is 119 cm³/mol. The largest absolute Gasteiger partial charge is 0.378 e. The smallest absolute Gasteiger partial charge is 0.292 e. The molecule has 0 amide bonds. The fourth-order valence-electron chi connectivity index (χ4n) is 2.90. The van der Waals surface area contributed by atoms with Gasteiger partial charge in [-0.05, 0) is 37.1 Å². The topological polar surface area (TPSA) is 126 Å². The summed E-state index contributed by atoms with van der Waals surface area (Å²) >= 11 is 0. The van der Waals surface area contributed by atoms with E-state index in [0.717, 1.165) is 5.56 Å². The van der Waals surface area contributed by atoms with E-state index in [1.54, 1.807) is 37.3 Å². The van der Waals surface area contributed by atoms with Gasteiger partial charge >= 0.3 is 0 Å². The maximum atomic E-state index is 11.7. The Morgan fingerprint density at radius 3 is 2.50 bits per heavy atom. The molecule has 30 heavy (non-hydrogen) atoms. The van der Waals surface area contributed by atoms with Crippen molar-refractivity contribution < 1.29 is 13.3 Å². The molecular weight excluding hydrogens is 406 g/mol. The Morgan fingerprint density at radius 1 is 1.13 bits per heavy atom. The zero-order chi connectivity index (χ0) is 22.1. The Bertz CT molecular complexity index is 1020. The molecule has 2 aromatic carbocycles. The SMILES string of the molecule is CCNC(=NCc1ccc(S(C)(=O)=O)c(C)c1)NCCNc1ccccc1[N+](=O)[O-]. The van der Waals surface area contributed by atoms with Crippen LogP contribution in [0.2, 0.25) is 0 Å². The second kappa shape index (κ2) is 10.6. The number of hydrogen-bond acceptors (Lipinski definition) is 6. The highest BCUT2D eigenvalue weighted by molar-refractivity contribution is 7.90. The van der Waals surface area contributed by atoms with Crippen molar-refractivity contribution in [1.29, 1.82) is 0 Å². The molecule has 0 saturated heterocycles. The number of aryl methyl sites for hydroxylation is 1. The van der Waals surface area contributed by atoms with Crippen LogP contribution in [-0.2, 0) is 16.4 Å². The van der Waals surface area contributed by atoms with E-state index in [9.17, 15) is 18.5 Å². The van der Waals surface area contributed by atoms with E-state index >= 15 is 0 Å². The van der Waals surface area contributed by atoms with E-state index in [0.29, 0.717) is 48.3 Å². The number of rotatable bonds is 9. The lowest BCUT2D eigenvalue weighted by atomic mass is 10.1. The number of sulfone groups is 1. The Labute approximate surface area is 176 Å². The molecule has 0 saturated carbocycles. The Hall–Kier alpha value is -3.14. The first-order valence-electron chi connectivity index (χ1n) is 9.51. The van der Waals surface area contributed by atoms with Gasteiger partial charge in [-0.3, -0.25) is 10.1 Å². The summed E-state index contributed by atoms with van der Waals surface area (Å²) in [4.78, 5) is 15.5. The molecule has 0 spiro atoms. The molecule has 10 heteroatoms. The molecule has 0 unspecified atom stereocenters. The predicted octanol–water partition coefficient (Wildman–Crippen LogP) is 2.47. The first kappa shape index (κ1) is 23.1. The van der Waals surface area contributed by atoms with Gasteiger partial charge in [0.2, 0.25) is 0 Å². The lowest BCUT2D eigenvalue weighted by molar-refractivity contribution is -0.384. The highest BCUT2D eigenvalue weighted by Crippen LogP contribution is 2.22. The van der Waals surface area contributed by atoms with E-state index in [2.05, 4.69) is 20.9 Å². The molecule has 0 heterocycles. The van der Waals surface area contributed by atoms with Crippen molar-refractivity contribution >= 4 is 27.2 Å². The fourth-order valence-corrected chi connectivity index (χ4v) is 3.86. The summed E-state index contributed by atoms with van der Waals surface area (Å²) in [6, 6.07) is 11.7. The summed E-state index contributed by atoms with van der Waals surface area (Å²) in [5.74, 6) is 0.603. The number of para-hydroxylation sites is 2. The maximum absolute atomic E-state index is 11.7. The molecule has 3 N–H and O–H groups in total. The summed E-state index contributed by atoms with van der Waals surface area (Å²) in [5.41, 5.74) is 2.09. The monoisotopic (exact) mass is 433 g/mol. The number of nitro groups is 1. The van der Waals surface area contributed by atoms with Gasteiger partial charge in [0.15, 0.2) is 15.8 Å². The summed E-state index contributed by atoms with van der Waals surface area (Å²) in [6.45, 7) is 5.75. The average molecular weight is 434 g/mol. The van der Waals surface area contributed by atoms with Gasteiger partial charge in [0, 0.05) is 32.0 Å². The van der Waals surface area contributed by atoms with Crippen LogP contribution in [0.1, 0.15) is 18.1 Å². The van der Waals surface area contributed by atoms with Crippen molar-refractivity contribution in [3.8, 4) is 0 Å². The minimum atomic E-state index is -3.25. The van der Waals surface area contributed by atoms with Crippen molar-refractivity contribution in [3.63, 3.8) is 0 Å². The van der Waals surface area contributed by atoms with Crippen LogP contribution in [0, 0.1) is 17.0 Å². The summed E-state index contributed by atoms with van der Waals surface area (Å²) in [6.07, 6.45) is 1.19. The second-order valence-electron chi connectivity index (χ2n) is 6.69. The van der Waals surface area contributed by atoms with Crippen LogP contribution in [0.4, 0.5) is 11.4 Å². The fraction of sp³-hybridized carbons (Fsp3) is 0.350. The minimum Gasteiger partial charge on any atom is -0.378 e. The van der Waals surface area contributed by atoms with Gasteiger partial charge in [0.1, 0.15) is 5.69 Å². The first-order valence-corrected chi connectivity index (χ1v) is 11.4. The van der Waals surface area contributed by atoms with Crippen molar-refractivity contribution in [2.24, 2.45) is 4.99 Å². The molecule has 0 aliphatic rings. The van der Waals surface area contributed by atoms with Gasteiger partial charge in [-0.1, -0.05) is 24.3 Å². The normalized spacial score (nSPS) is 11.8. The van der Waals surface area contributed by atoms with E-state index < -0.39 is 14.8 Å². The number of hydrogen-bond donors (Lipinski definition) is 3. The number of aliphatic imine (C=N–C) groups is 1. The number of nitrogens with zero attached hydrogens (tertiary/aromatic N) is 2. The van der Waals surface area contributed by atoms with Crippen LogP contribution in [-0.4, -0.2) is 45.2 Å². The number of anilines is 1. The molecule has 162 valence electrons. The number of guanidine groups is 1. The van der Waals surface area contributed by atoms with Crippen LogP contribution in [0.25, 0.3) is 0 Å². The van der Waals surface area contributed by atoms with Crippen LogP contribution >= 0.6 is 0 Å². The summed E-state index contributed by atoms with van der Waals surface area (Å²) in [5, 5.41) is 20.4. The zero-order valence-corrected chi connectivity index (χ0v) is 18.1. The van der Waals surface area contributed by atoms with Crippen LogP contribution in [0.3, 0.4) is 0 Å². The molecular formula is C20H27N5O4S. The molecule has 2 aromatic rings. The maximum Gasteiger partial charge on any atom is 0.292 e. The second-order valence-corrected chi connectivity index (χ2v) is 8.68. The lowest BCUT2D eigenvalue weighted by Crippen LogP contribution is -2.39. The standard InChI is InChI=1S/C20H27N5O4S/c1-4-21-20(23-12-11-22-17-7-5-6-8-18(17)25(26)27)24-14-16-9-10-19(15(2)13-16)30(3,28)29/h5-10,13,22H,4,11-12,14H2,1-3H3,(H2,21,23,24). The summed E-state index contributed by atoms with van der Waals surface area (Å²) in [7, 11) is -3.25. The Morgan fingerprint density at radius 2 is 1.87 bits per heavy atom. The van der Waals surface area contributed by atoms with Gasteiger partial charge in [0.05, 0.1) is 16.4 Å². The van der Waals surface area contributed by atoms with Crippen molar-refractivity contribution in [2.45, 2.75) is 25.3 Å². The molecule has 0 atom stereocenters. The summed E-state index contributed by atoms with van der Waals surface area (Å²) < 4.78 is 23.5. The van der Waals surface area contributed by atoms with Gasteiger partial charge < -0.3 is 16.0 Å². The molecule has 0 radical (unpaired) electrons. The highest BCUT2D eigenvalue weighted by Gasteiger charge is 2.12. The molecule has 9 nitrogen and oxygen atoms in total. The third kappa shape index (κ3) is 6.73. The minimum absolute atomic E-state index is 0.0333. The number of nitrogens with one attached hydrogen (secondary N) is 3. The molecule has 0 aliphatic heterocycles. The average Bonchev–Trinajstić information content (AvgIpc) is 2.68. The number of nitro benzene ring substituents is 1. The van der Waals surface area contributed by atoms with Crippen molar-refractivity contribution in [1.82, 2.24) is 10.6 Å². The highest BCUT2D eigenvalue weighted by atomic mass is 32.2. The van der Waals surface area contributed by atoms with Crippen molar-refractivity contribution in [2.75, 3.05) is 31.2 Å². The molecule has 2 rings (SSSR count). The van der Waals surface area contributed by atoms with Gasteiger partial charge in [-0.25, -0.2) is 13.4 Å². The van der Waals surface area contributed by atoms with Crippen LogP contribution < -0.4 is 16.0 Å². The van der Waals surface area contributed by atoms with E-state index in [1.165, 1.54) is 12.3 Å². The van der Waals surface area contributed by atoms with Crippen LogP contribution in [0.15, 0.2) is 52.4 Å².